The minimum absolute atomic E-state index is 0.00236. The fraction of sp³-hybridized carbons (Fsp3) is 0.636. The number of aromatic nitrogens is 3. The van der Waals surface area contributed by atoms with E-state index in [0.29, 0.717) is 18.8 Å². The zero-order valence-electron chi connectivity index (χ0n) is 18.0. The van der Waals surface area contributed by atoms with E-state index < -0.39 is 0 Å². The molecule has 0 spiro atoms. The maximum absolute atomic E-state index is 9.53. The highest BCUT2D eigenvalue weighted by Gasteiger charge is 2.38. The summed E-state index contributed by atoms with van der Waals surface area (Å²) in [5.74, 6) is 0. The summed E-state index contributed by atoms with van der Waals surface area (Å²) in [6.45, 7) is 4.64. The van der Waals surface area contributed by atoms with Crippen molar-refractivity contribution in [1.82, 2.24) is 15.0 Å². The van der Waals surface area contributed by atoms with Crippen LogP contribution in [-0.2, 0) is 16.0 Å². The van der Waals surface area contributed by atoms with Gasteiger partial charge in [0.05, 0.1) is 31.6 Å². The summed E-state index contributed by atoms with van der Waals surface area (Å²) < 4.78 is 13.8. The number of benzene rings is 1. The number of ether oxygens (including phenoxy) is 2. The summed E-state index contributed by atoms with van der Waals surface area (Å²) in [6, 6.07) is 6.43. The van der Waals surface area contributed by atoms with Gasteiger partial charge < -0.3 is 24.4 Å². The first-order valence-corrected chi connectivity index (χ1v) is 10.8. The van der Waals surface area contributed by atoms with Crippen LogP contribution in [0.1, 0.15) is 26.2 Å². The fourth-order valence-electron chi connectivity index (χ4n) is 4.82. The molecule has 3 heterocycles. The van der Waals surface area contributed by atoms with Crippen molar-refractivity contribution in [3.05, 3.63) is 24.4 Å². The summed E-state index contributed by atoms with van der Waals surface area (Å²) in [5.41, 5.74) is 4.15. The summed E-state index contributed by atoms with van der Waals surface area (Å²) in [6.07, 6.45) is 5.60. The molecule has 1 N–H and O–H groups in total. The SMILES string of the molecule is CN(C)c1cc(N2CC(C)(CO)C2)ccc1-c1cn(CC2OC3CCC(C3)O2)nn1. The summed E-state index contributed by atoms with van der Waals surface area (Å²) in [5, 5.41) is 18.3. The molecule has 8 nitrogen and oxygen atoms in total. The average Bonchev–Trinajstić information content (AvgIpc) is 3.31. The van der Waals surface area contributed by atoms with Crippen LogP contribution < -0.4 is 9.80 Å². The van der Waals surface area contributed by atoms with Crippen LogP contribution in [0, 0.1) is 5.41 Å². The number of anilines is 2. The van der Waals surface area contributed by atoms with Gasteiger partial charge in [0.25, 0.3) is 0 Å². The number of rotatable bonds is 6. The molecule has 2 bridgehead atoms. The Morgan fingerprint density at radius 2 is 1.93 bits per heavy atom. The van der Waals surface area contributed by atoms with E-state index in [1.807, 2.05) is 25.0 Å². The Morgan fingerprint density at radius 3 is 2.60 bits per heavy atom. The van der Waals surface area contributed by atoms with Crippen molar-refractivity contribution in [2.45, 2.75) is 51.2 Å². The average molecular weight is 414 g/mol. The van der Waals surface area contributed by atoms with Crippen LogP contribution >= 0.6 is 0 Å². The predicted octanol–water partition coefficient (Wildman–Crippen LogP) is 2.12. The summed E-state index contributed by atoms with van der Waals surface area (Å²) >= 11 is 0. The first-order chi connectivity index (χ1) is 14.4. The Labute approximate surface area is 177 Å². The van der Waals surface area contributed by atoms with Gasteiger partial charge in [-0.15, -0.1) is 5.10 Å². The minimum Gasteiger partial charge on any atom is -0.396 e. The molecule has 5 rings (SSSR count). The second kappa shape index (κ2) is 7.51. The van der Waals surface area contributed by atoms with Gasteiger partial charge in [-0.2, -0.15) is 0 Å². The van der Waals surface area contributed by atoms with E-state index in [9.17, 15) is 5.11 Å². The Bertz CT molecular complexity index is 896. The van der Waals surface area contributed by atoms with Crippen molar-refractivity contribution in [3.63, 3.8) is 0 Å². The van der Waals surface area contributed by atoms with Gasteiger partial charge >= 0.3 is 0 Å². The molecule has 0 radical (unpaired) electrons. The third-order valence-electron chi connectivity index (χ3n) is 6.53. The summed E-state index contributed by atoms with van der Waals surface area (Å²) in [4.78, 5) is 4.41. The molecule has 2 saturated heterocycles. The molecule has 1 aromatic heterocycles. The number of hydrogen-bond donors (Lipinski definition) is 1. The van der Waals surface area contributed by atoms with E-state index >= 15 is 0 Å². The van der Waals surface area contributed by atoms with Crippen molar-refractivity contribution in [2.75, 3.05) is 43.6 Å². The minimum atomic E-state index is -0.242. The second-order valence-electron chi connectivity index (χ2n) is 9.51. The highest BCUT2D eigenvalue weighted by atomic mass is 16.7. The molecule has 3 fully saturated rings. The lowest BCUT2D eigenvalue weighted by atomic mass is 9.82. The normalized spacial score (nSPS) is 27.2. The molecular formula is C22H31N5O3. The number of hydrogen-bond acceptors (Lipinski definition) is 7. The van der Waals surface area contributed by atoms with E-state index in [4.69, 9.17) is 9.47 Å². The molecule has 30 heavy (non-hydrogen) atoms. The van der Waals surface area contributed by atoms with Crippen LogP contribution in [0.15, 0.2) is 24.4 Å². The van der Waals surface area contributed by atoms with Crippen LogP contribution in [-0.4, -0.2) is 72.4 Å². The molecule has 2 unspecified atom stereocenters. The zero-order valence-corrected chi connectivity index (χ0v) is 18.0. The molecule has 2 atom stereocenters. The van der Waals surface area contributed by atoms with Crippen LogP contribution in [0.3, 0.4) is 0 Å². The highest BCUT2D eigenvalue weighted by Crippen LogP contribution is 2.38. The molecule has 2 aromatic rings. The van der Waals surface area contributed by atoms with Gasteiger partial charge in [-0.05, 0) is 31.0 Å². The van der Waals surface area contributed by atoms with Gasteiger partial charge in [-0.25, -0.2) is 4.68 Å². The van der Waals surface area contributed by atoms with Gasteiger partial charge in [0.2, 0.25) is 0 Å². The van der Waals surface area contributed by atoms with Crippen LogP contribution in [0.5, 0.6) is 0 Å². The maximum Gasteiger partial charge on any atom is 0.177 e. The lowest BCUT2D eigenvalue weighted by molar-refractivity contribution is -0.225. The van der Waals surface area contributed by atoms with Crippen molar-refractivity contribution in [3.8, 4) is 11.3 Å². The molecule has 1 aliphatic carbocycles. The monoisotopic (exact) mass is 413 g/mol. The largest absolute Gasteiger partial charge is 0.396 e. The Morgan fingerprint density at radius 1 is 1.20 bits per heavy atom. The zero-order chi connectivity index (χ0) is 20.9. The van der Waals surface area contributed by atoms with E-state index in [1.165, 1.54) is 5.69 Å². The standard InChI is InChI=1S/C22H31N5O3/c1-22(14-28)12-26(13-22)15-4-7-18(20(8-15)25(2)3)19-10-27(24-23-19)11-21-29-16-5-6-17(9-16)30-21/h4,7-8,10,16-17,21,28H,5-6,9,11-14H2,1-3H3. The number of aliphatic hydroxyl groups excluding tert-OH is 1. The smallest absolute Gasteiger partial charge is 0.177 e. The molecule has 162 valence electrons. The number of aliphatic hydroxyl groups is 1. The number of fused-ring (bicyclic) bond motifs is 2. The fourth-order valence-corrected chi connectivity index (χ4v) is 4.82. The van der Waals surface area contributed by atoms with Crippen molar-refractivity contribution < 1.29 is 14.6 Å². The van der Waals surface area contributed by atoms with E-state index in [1.54, 1.807) is 0 Å². The summed E-state index contributed by atoms with van der Waals surface area (Å²) in [7, 11) is 4.08. The molecule has 2 aliphatic heterocycles. The van der Waals surface area contributed by atoms with Crippen molar-refractivity contribution in [2.24, 2.45) is 5.41 Å². The van der Waals surface area contributed by atoms with Gasteiger partial charge in [-0.3, -0.25) is 0 Å². The van der Waals surface area contributed by atoms with E-state index in [2.05, 4.69) is 45.2 Å². The van der Waals surface area contributed by atoms with Gasteiger partial charge in [0.15, 0.2) is 6.29 Å². The van der Waals surface area contributed by atoms with Gasteiger partial charge in [0.1, 0.15) is 5.69 Å². The first kappa shape index (κ1) is 19.8. The van der Waals surface area contributed by atoms with Gasteiger partial charge in [0, 0.05) is 56.0 Å². The molecular weight excluding hydrogens is 382 g/mol. The Hall–Kier alpha value is -2.16. The van der Waals surface area contributed by atoms with Crippen molar-refractivity contribution >= 4 is 11.4 Å². The molecule has 0 amide bonds. The predicted molar refractivity (Wildman–Crippen MR) is 115 cm³/mol. The van der Waals surface area contributed by atoms with Crippen molar-refractivity contribution in [1.29, 1.82) is 0 Å². The highest BCUT2D eigenvalue weighted by molar-refractivity contribution is 5.79. The molecule has 3 aliphatic rings. The Kier molecular flexibility index (Phi) is 4.95. The molecule has 1 aromatic carbocycles. The lowest BCUT2D eigenvalue weighted by Gasteiger charge is -2.48. The van der Waals surface area contributed by atoms with Crippen LogP contribution in [0.4, 0.5) is 11.4 Å². The molecule has 8 heteroatoms. The van der Waals surface area contributed by atoms with Crippen LogP contribution in [0.25, 0.3) is 11.3 Å². The second-order valence-corrected chi connectivity index (χ2v) is 9.51. The topological polar surface area (TPSA) is 75.9 Å². The van der Waals surface area contributed by atoms with Crippen LogP contribution in [0.2, 0.25) is 0 Å². The molecule has 1 saturated carbocycles. The van der Waals surface area contributed by atoms with E-state index in [-0.39, 0.29) is 18.3 Å². The third kappa shape index (κ3) is 3.68. The first-order valence-electron chi connectivity index (χ1n) is 10.8. The third-order valence-corrected chi connectivity index (χ3v) is 6.53. The maximum atomic E-state index is 9.53. The lowest BCUT2D eigenvalue weighted by Crippen LogP contribution is -2.56. The Balaban J connectivity index is 1.32. The van der Waals surface area contributed by atoms with E-state index in [0.717, 1.165) is 49.3 Å². The van der Waals surface area contributed by atoms with Gasteiger partial charge in [-0.1, -0.05) is 12.1 Å². The quantitative estimate of drug-likeness (QED) is 0.777. The number of nitrogens with zero attached hydrogens (tertiary/aromatic N) is 5.